The van der Waals surface area contributed by atoms with E-state index < -0.39 is 22.8 Å². The zero-order valence-electron chi connectivity index (χ0n) is 19.8. The van der Waals surface area contributed by atoms with Gasteiger partial charge in [-0.3, -0.25) is 14.9 Å². The van der Waals surface area contributed by atoms with Crippen molar-refractivity contribution < 1.29 is 33.5 Å². The Morgan fingerprint density at radius 2 is 1.89 bits per heavy atom. The number of nitro groups is 1. The molecule has 0 aliphatic heterocycles. The molecule has 0 aliphatic rings. The summed E-state index contributed by atoms with van der Waals surface area (Å²) < 4.78 is 17.0. The first-order valence-electron chi connectivity index (χ1n) is 10.9. The lowest BCUT2D eigenvalue weighted by molar-refractivity contribution is -0.386. The number of benzene rings is 1. The molecule has 13 heteroatoms. The average molecular weight is 517 g/mol. The van der Waals surface area contributed by atoms with Crippen LogP contribution in [0.2, 0.25) is 0 Å². The summed E-state index contributed by atoms with van der Waals surface area (Å²) in [6.07, 6.45) is 2.07. The zero-order chi connectivity index (χ0) is 26.2. The number of para-hydroxylation sites is 2. The molecule has 1 aromatic carbocycles. The number of hydrogen-bond acceptors (Lipinski definition) is 10. The number of aromatic nitrogens is 2. The molecule has 0 aliphatic carbocycles. The van der Waals surface area contributed by atoms with Gasteiger partial charge in [-0.15, -0.1) is 11.3 Å². The first-order valence-corrected chi connectivity index (χ1v) is 11.8. The van der Waals surface area contributed by atoms with Crippen molar-refractivity contribution in [2.75, 3.05) is 18.5 Å². The molecule has 36 heavy (non-hydrogen) atoms. The number of esters is 2. The summed E-state index contributed by atoms with van der Waals surface area (Å²) in [5.41, 5.74) is 0.218. The highest BCUT2D eigenvalue weighted by Gasteiger charge is 2.28. The van der Waals surface area contributed by atoms with Gasteiger partial charge in [-0.25, -0.2) is 14.3 Å². The smallest absolute Gasteiger partial charge is 0.348 e. The molecule has 190 valence electrons. The number of thiophene rings is 1. The lowest BCUT2D eigenvalue weighted by Gasteiger charge is -2.07. The van der Waals surface area contributed by atoms with E-state index in [1.165, 1.54) is 35.1 Å². The molecule has 0 unspecified atom stereocenters. The number of amides is 1. The van der Waals surface area contributed by atoms with Gasteiger partial charge in [-0.1, -0.05) is 19.1 Å². The Labute approximate surface area is 209 Å². The Morgan fingerprint density at radius 3 is 2.58 bits per heavy atom. The molecular weight excluding hydrogens is 492 g/mol. The molecule has 0 bridgehead atoms. The van der Waals surface area contributed by atoms with Gasteiger partial charge in [0, 0.05) is 12.3 Å². The van der Waals surface area contributed by atoms with Crippen LogP contribution in [-0.4, -0.2) is 45.8 Å². The van der Waals surface area contributed by atoms with Gasteiger partial charge in [0.2, 0.25) is 0 Å². The number of rotatable bonds is 11. The molecule has 1 amide bonds. The molecule has 0 saturated heterocycles. The highest BCUT2D eigenvalue weighted by molar-refractivity contribution is 7.18. The SMILES string of the molecule is CCCOC(=O)c1c(NC(=O)c2ccn(COc3ccccc3[N+](=O)[O-])n2)sc(C(=O)OCC)c1C. The van der Waals surface area contributed by atoms with Gasteiger partial charge in [0.05, 0.1) is 23.7 Å². The topological polar surface area (TPSA) is 152 Å². The third kappa shape index (κ3) is 6.05. The van der Waals surface area contributed by atoms with Crippen LogP contribution in [0.15, 0.2) is 36.5 Å². The maximum Gasteiger partial charge on any atom is 0.348 e. The standard InChI is InChI=1S/C23H24N4O8S/c1-4-12-34-22(29)18-14(3)19(23(30)33-5-2)36-21(18)24-20(28)15-10-11-26(25-15)13-35-17-9-7-6-8-16(17)27(31)32/h6-11H,4-5,12-13H2,1-3H3,(H,24,28). The highest BCUT2D eigenvalue weighted by atomic mass is 32.1. The number of ether oxygens (including phenoxy) is 3. The Bertz CT molecular complexity index is 1280. The van der Waals surface area contributed by atoms with Crippen LogP contribution in [0.5, 0.6) is 5.75 Å². The Kier molecular flexibility index (Phi) is 8.73. The van der Waals surface area contributed by atoms with Crippen molar-refractivity contribution in [1.82, 2.24) is 9.78 Å². The maximum atomic E-state index is 12.9. The molecule has 0 spiro atoms. The van der Waals surface area contributed by atoms with Crippen molar-refractivity contribution in [3.8, 4) is 5.75 Å². The molecule has 0 saturated carbocycles. The molecule has 3 aromatic rings. The lowest BCUT2D eigenvalue weighted by Crippen LogP contribution is -2.16. The summed E-state index contributed by atoms with van der Waals surface area (Å²) in [6, 6.07) is 7.30. The summed E-state index contributed by atoms with van der Waals surface area (Å²) in [5, 5.41) is 18.0. The molecule has 3 rings (SSSR count). The number of carbonyl (C=O) groups excluding carboxylic acids is 3. The molecule has 12 nitrogen and oxygen atoms in total. The first kappa shape index (κ1) is 26.3. The van der Waals surface area contributed by atoms with Gasteiger partial charge in [0.15, 0.2) is 18.2 Å². The predicted molar refractivity (Wildman–Crippen MR) is 129 cm³/mol. The average Bonchev–Trinajstić information content (AvgIpc) is 3.46. The number of anilines is 1. The summed E-state index contributed by atoms with van der Waals surface area (Å²) >= 11 is 0.907. The fourth-order valence-electron chi connectivity index (χ4n) is 3.09. The van der Waals surface area contributed by atoms with Crippen molar-refractivity contribution in [3.63, 3.8) is 0 Å². The van der Waals surface area contributed by atoms with Crippen LogP contribution in [0.4, 0.5) is 10.7 Å². The monoisotopic (exact) mass is 516 g/mol. The first-order chi connectivity index (χ1) is 17.3. The van der Waals surface area contributed by atoms with E-state index in [4.69, 9.17) is 14.2 Å². The van der Waals surface area contributed by atoms with Gasteiger partial charge in [0.25, 0.3) is 5.91 Å². The minimum atomic E-state index is -0.667. The van der Waals surface area contributed by atoms with Crippen molar-refractivity contribution in [3.05, 3.63) is 68.3 Å². The molecular formula is C23H24N4O8S. The number of nitro benzene ring substituents is 1. The van der Waals surface area contributed by atoms with Crippen molar-refractivity contribution >= 4 is 39.9 Å². The summed E-state index contributed by atoms with van der Waals surface area (Å²) in [5.74, 6) is -1.86. The quantitative estimate of drug-likeness (QED) is 0.224. The minimum absolute atomic E-state index is 0.00206. The van der Waals surface area contributed by atoms with Crippen molar-refractivity contribution in [2.24, 2.45) is 0 Å². The fraction of sp³-hybridized carbons (Fsp3) is 0.304. The minimum Gasteiger partial charge on any atom is -0.464 e. The van der Waals surface area contributed by atoms with Crippen LogP contribution in [0, 0.1) is 17.0 Å². The van der Waals surface area contributed by atoms with E-state index in [2.05, 4.69) is 10.4 Å². The van der Waals surface area contributed by atoms with E-state index >= 15 is 0 Å². The lowest BCUT2D eigenvalue weighted by atomic mass is 10.1. The second-order valence-electron chi connectivity index (χ2n) is 7.31. The summed E-state index contributed by atoms with van der Waals surface area (Å²) in [6.45, 7) is 5.24. The van der Waals surface area contributed by atoms with Crippen molar-refractivity contribution in [1.29, 1.82) is 0 Å². The molecule has 0 atom stereocenters. The van der Waals surface area contributed by atoms with Gasteiger partial charge in [-0.2, -0.15) is 5.10 Å². The summed E-state index contributed by atoms with van der Waals surface area (Å²) in [7, 11) is 0. The van der Waals surface area contributed by atoms with Gasteiger partial charge in [-0.05, 0) is 38.0 Å². The van der Waals surface area contributed by atoms with Gasteiger partial charge >= 0.3 is 17.6 Å². The summed E-state index contributed by atoms with van der Waals surface area (Å²) in [4.78, 5) is 48.6. The van der Waals surface area contributed by atoms with E-state index in [9.17, 15) is 24.5 Å². The number of nitrogens with zero attached hydrogens (tertiary/aromatic N) is 3. The Hall–Kier alpha value is -4.26. The normalized spacial score (nSPS) is 10.5. The second kappa shape index (κ2) is 11.9. The largest absolute Gasteiger partial charge is 0.464 e. The number of hydrogen-bond donors (Lipinski definition) is 1. The molecule has 0 fully saturated rings. The molecule has 2 aromatic heterocycles. The Morgan fingerprint density at radius 1 is 1.14 bits per heavy atom. The van der Waals surface area contributed by atoms with Gasteiger partial charge in [0.1, 0.15) is 9.88 Å². The van der Waals surface area contributed by atoms with Crippen LogP contribution in [0.1, 0.15) is 56.3 Å². The van der Waals surface area contributed by atoms with Crippen molar-refractivity contribution in [2.45, 2.75) is 33.9 Å². The fourth-order valence-corrected chi connectivity index (χ4v) is 4.18. The number of nitrogens with one attached hydrogen (secondary N) is 1. The Balaban J connectivity index is 1.78. The molecule has 2 heterocycles. The zero-order valence-corrected chi connectivity index (χ0v) is 20.6. The maximum absolute atomic E-state index is 12.9. The van der Waals surface area contributed by atoms with Crippen LogP contribution in [-0.2, 0) is 16.2 Å². The van der Waals surface area contributed by atoms with E-state index in [0.717, 1.165) is 11.3 Å². The van der Waals surface area contributed by atoms with E-state index in [0.29, 0.717) is 12.0 Å². The van der Waals surface area contributed by atoms with E-state index in [1.807, 2.05) is 6.92 Å². The van der Waals surface area contributed by atoms with E-state index in [-0.39, 0.29) is 52.5 Å². The van der Waals surface area contributed by atoms with E-state index in [1.54, 1.807) is 19.9 Å². The van der Waals surface area contributed by atoms with Crippen LogP contribution in [0.25, 0.3) is 0 Å². The number of carbonyl (C=O) groups is 3. The van der Waals surface area contributed by atoms with Crippen LogP contribution >= 0.6 is 11.3 Å². The second-order valence-corrected chi connectivity index (χ2v) is 8.33. The predicted octanol–water partition coefficient (Wildman–Crippen LogP) is 4.19. The highest BCUT2D eigenvalue weighted by Crippen LogP contribution is 2.34. The third-order valence-corrected chi connectivity index (χ3v) is 5.95. The van der Waals surface area contributed by atoms with Gasteiger partial charge < -0.3 is 19.5 Å². The van der Waals surface area contributed by atoms with Crippen LogP contribution < -0.4 is 10.1 Å². The van der Waals surface area contributed by atoms with Crippen LogP contribution in [0.3, 0.4) is 0 Å². The molecule has 1 N–H and O–H groups in total. The molecule has 0 radical (unpaired) electrons. The third-order valence-electron chi connectivity index (χ3n) is 4.76.